The molecule has 0 fully saturated rings. The maximum atomic E-state index is 6.34. The average Bonchev–Trinajstić information content (AvgIpc) is 2.10. The molecular formula is C6H18CrN15. The van der Waals surface area contributed by atoms with Gasteiger partial charge in [-0.25, -0.2) is 0 Å². The van der Waals surface area contributed by atoms with E-state index in [-0.39, 0.29) is 35.2 Å². The van der Waals surface area contributed by atoms with Gasteiger partial charge in [0.15, 0.2) is 0 Å². The zero-order valence-electron chi connectivity index (χ0n) is 11.2. The number of nitrogens with two attached hydrogens (primary N) is 6. The first kappa shape index (κ1) is 27.2. The predicted molar refractivity (Wildman–Crippen MR) is 83.6 cm³/mol. The Labute approximate surface area is 136 Å². The van der Waals surface area contributed by atoms with Crippen LogP contribution in [0.15, 0.2) is 15.0 Å². The smallest absolute Gasteiger partial charge is 0.411 e. The third-order valence-corrected chi connectivity index (χ3v) is 0.723. The Kier molecular flexibility index (Phi) is 19.5. The van der Waals surface area contributed by atoms with E-state index in [0.29, 0.717) is 0 Å². The topological polar surface area (TPSA) is 336 Å². The number of rotatable bonds is 0. The normalized spacial score (nSPS) is 7.09. The van der Waals surface area contributed by atoms with Gasteiger partial charge in [0.05, 0.1) is 0 Å². The van der Waals surface area contributed by atoms with E-state index in [1.807, 2.05) is 0 Å². The number of nitrogens with zero attached hydrogens (tertiary/aromatic N) is 3. The Balaban J connectivity index is -0.000000108. The van der Waals surface area contributed by atoms with Crippen LogP contribution < -0.4 is 34.4 Å². The van der Waals surface area contributed by atoms with Gasteiger partial charge in [0, 0.05) is 17.9 Å². The van der Waals surface area contributed by atoms with E-state index in [2.05, 4.69) is 15.0 Å². The molecule has 0 bridgehead atoms. The molecule has 0 heterocycles. The molecule has 22 heavy (non-hydrogen) atoms. The standard InChI is InChI=1S/3C2H6N5.Cr/c3*3-1(4)7-2(5)6;/h3*(H6-,3,4,5,6,7);/q3*-1;+3. The van der Waals surface area contributed by atoms with Crippen LogP contribution in [0.2, 0.25) is 0 Å². The van der Waals surface area contributed by atoms with Gasteiger partial charge in [0.2, 0.25) is 0 Å². The van der Waals surface area contributed by atoms with Crippen LogP contribution in [0, 0.1) is 16.2 Å². The quantitative estimate of drug-likeness (QED) is 0.171. The maximum Gasteiger partial charge on any atom is 3.00 e. The second-order valence-electron chi connectivity index (χ2n) is 2.66. The second-order valence-corrected chi connectivity index (χ2v) is 2.66. The molecule has 15 nitrogen and oxygen atoms in total. The van der Waals surface area contributed by atoms with Gasteiger partial charge in [-0.1, -0.05) is 0 Å². The molecule has 0 unspecified atom stereocenters. The van der Waals surface area contributed by atoms with Crippen molar-refractivity contribution in [3.05, 3.63) is 17.2 Å². The minimum Gasteiger partial charge on any atom is -0.411 e. The summed E-state index contributed by atoms with van der Waals surface area (Å²) in [4.78, 5) is 9.00. The summed E-state index contributed by atoms with van der Waals surface area (Å²) in [7, 11) is 0. The van der Waals surface area contributed by atoms with Gasteiger partial charge in [-0.15, -0.1) is 0 Å². The Morgan fingerprint density at radius 2 is 0.682 bits per heavy atom. The maximum absolute atomic E-state index is 6.34. The molecule has 0 aliphatic heterocycles. The predicted octanol–water partition coefficient (Wildman–Crippen LogP) is -2.26. The van der Waals surface area contributed by atoms with E-state index in [1.54, 1.807) is 0 Å². The van der Waals surface area contributed by atoms with Gasteiger partial charge < -0.3 is 82.8 Å². The molecule has 0 aliphatic rings. The van der Waals surface area contributed by atoms with E-state index in [4.69, 9.17) is 67.8 Å². The third-order valence-electron chi connectivity index (χ3n) is 0.723. The van der Waals surface area contributed by atoms with E-state index < -0.39 is 17.9 Å². The van der Waals surface area contributed by atoms with Gasteiger partial charge in [0.1, 0.15) is 17.9 Å². The summed E-state index contributed by atoms with van der Waals surface area (Å²) in [5.74, 6) is -2.62. The molecule has 0 saturated heterocycles. The number of hydrogen-bond donors (Lipinski definition) is 9. The Hall–Kier alpha value is -3.25. The number of nitrogens with one attached hydrogen (secondary N) is 6. The van der Waals surface area contributed by atoms with Crippen LogP contribution in [0.3, 0.4) is 0 Å². The number of guanidine groups is 6. The summed E-state index contributed by atoms with van der Waals surface area (Å²) in [6.45, 7) is 0. The first-order chi connectivity index (χ1) is 9.38. The van der Waals surface area contributed by atoms with E-state index in [0.717, 1.165) is 0 Å². The molecule has 0 aliphatic carbocycles. The summed E-state index contributed by atoms with van der Waals surface area (Å²) in [6.07, 6.45) is 0. The summed E-state index contributed by atoms with van der Waals surface area (Å²) < 4.78 is 0. The molecule has 16 heteroatoms. The summed E-state index contributed by atoms with van der Waals surface area (Å²) in [5.41, 5.74) is 47.6. The SMILES string of the molecule is N=C([NH-])N=C(N)N.N=C([NH-])N=C(N)N.N=C([NH-])N=C(N)N.[Cr+3]. The number of aliphatic imine (C=N–C) groups is 3. The minimum atomic E-state index is -0.625. The first-order valence-electron chi connectivity index (χ1n) is 4.57. The van der Waals surface area contributed by atoms with Crippen molar-refractivity contribution in [1.29, 1.82) is 16.2 Å². The van der Waals surface area contributed by atoms with Crippen LogP contribution in [-0.4, -0.2) is 35.8 Å². The molecule has 0 spiro atoms. The van der Waals surface area contributed by atoms with Crippen molar-refractivity contribution in [2.75, 3.05) is 0 Å². The average molecular weight is 352 g/mol. The zero-order valence-corrected chi connectivity index (χ0v) is 12.5. The first-order valence-corrected chi connectivity index (χ1v) is 4.57. The summed E-state index contributed by atoms with van der Waals surface area (Å²) in [6, 6.07) is 0. The summed E-state index contributed by atoms with van der Waals surface area (Å²) in [5, 5.41) is 19.0. The van der Waals surface area contributed by atoms with Gasteiger partial charge in [-0.05, 0) is 0 Å². The molecule has 0 saturated carbocycles. The van der Waals surface area contributed by atoms with Crippen LogP contribution in [0.1, 0.15) is 0 Å². The van der Waals surface area contributed by atoms with Crippen molar-refractivity contribution in [3.63, 3.8) is 0 Å². The molecule has 0 rings (SSSR count). The van der Waals surface area contributed by atoms with E-state index in [9.17, 15) is 0 Å². The van der Waals surface area contributed by atoms with Crippen molar-refractivity contribution in [3.8, 4) is 0 Å². The van der Waals surface area contributed by atoms with Gasteiger partial charge in [-0.2, -0.15) is 0 Å². The molecule has 0 amide bonds. The molecule has 0 aromatic carbocycles. The number of hydrogen-bond acceptors (Lipinski definition) is 3. The van der Waals surface area contributed by atoms with Crippen molar-refractivity contribution in [1.82, 2.24) is 0 Å². The molecule has 0 atom stereocenters. The monoisotopic (exact) mass is 352 g/mol. The Bertz CT molecular complexity index is 368. The van der Waals surface area contributed by atoms with Crippen molar-refractivity contribution in [2.24, 2.45) is 49.4 Å². The van der Waals surface area contributed by atoms with Crippen molar-refractivity contribution in [2.45, 2.75) is 0 Å². The Morgan fingerprint density at radius 3 is 0.682 bits per heavy atom. The fourth-order valence-electron chi connectivity index (χ4n) is 0.387. The van der Waals surface area contributed by atoms with Crippen LogP contribution >= 0.6 is 0 Å². The Morgan fingerprint density at radius 1 is 0.545 bits per heavy atom. The molecule has 18 N–H and O–H groups in total. The minimum absolute atomic E-state index is 0. The molecule has 0 aromatic heterocycles. The van der Waals surface area contributed by atoms with Crippen LogP contribution in [-0.2, 0) is 17.4 Å². The van der Waals surface area contributed by atoms with E-state index >= 15 is 0 Å². The molecule has 0 aromatic rings. The van der Waals surface area contributed by atoms with Crippen molar-refractivity contribution >= 4 is 35.8 Å². The third kappa shape index (κ3) is 54.3. The van der Waals surface area contributed by atoms with Gasteiger partial charge in [-0.3, -0.25) is 0 Å². The van der Waals surface area contributed by atoms with Crippen LogP contribution in [0.5, 0.6) is 0 Å². The van der Waals surface area contributed by atoms with Gasteiger partial charge in [0.25, 0.3) is 0 Å². The molecular weight excluding hydrogens is 334 g/mol. The van der Waals surface area contributed by atoms with Crippen LogP contribution in [0.25, 0.3) is 17.2 Å². The molecule has 123 valence electrons. The van der Waals surface area contributed by atoms with E-state index in [1.165, 1.54) is 0 Å². The second kappa shape index (κ2) is 15.8. The van der Waals surface area contributed by atoms with Crippen LogP contribution in [0.4, 0.5) is 0 Å². The van der Waals surface area contributed by atoms with Gasteiger partial charge >= 0.3 is 17.4 Å². The summed E-state index contributed by atoms with van der Waals surface area (Å²) >= 11 is 0. The molecule has 1 radical (unpaired) electrons. The largest absolute Gasteiger partial charge is 3.00 e. The fraction of sp³-hybridized carbons (Fsp3) is 0. The van der Waals surface area contributed by atoms with Crippen molar-refractivity contribution < 1.29 is 17.4 Å². The fourth-order valence-corrected chi connectivity index (χ4v) is 0.387. The zero-order chi connectivity index (χ0) is 17.6.